The first kappa shape index (κ1) is 23.9. The Hall–Kier alpha value is -2.74. The molecule has 0 radical (unpaired) electrons. The van der Waals surface area contributed by atoms with Gasteiger partial charge in [-0.2, -0.15) is 9.28 Å². The van der Waals surface area contributed by atoms with E-state index in [2.05, 4.69) is 0 Å². The molecule has 1 amide bonds. The Kier molecular flexibility index (Phi) is 7.66. The van der Waals surface area contributed by atoms with Gasteiger partial charge < -0.3 is 10.8 Å². The number of benzene rings is 2. The number of likely N-dealkylation sites (tertiary alicyclic amines) is 1. The van der Waals surface area contributed by atoms with Crippen LogP contribution in [0.4, 0.5) is 4.79 Å². The Bertz CT molecular complexity index is 1020. The van der Waals surface area contributed by atoms with Gasteiger partial charge in [0.1, 0.15) is 11.8 Å². The quantitative estimate of drug-likeness (QED) is 0.354. The summed E-state index contributed by atoms with van der Waals surface area (Å²) in [6.07, 6.45) is 1.30. The molecule has 3 rings (SSSR count). The molecule has 2 aromatic rings. The lowest BCUT2D eigenvalue weighted by atomic mass is 9.96. The molecule has 6 nitrogen and oxygen atoms in total. The third-order valence-corrected chi connectivity index (χ3v) is 6.88. The van der Waals surface area contributed by atoms with Gasteiger partial charge in [0.15, 0.2) is 10.8 Å². The maximum Gasteiger partial charge on any atom is 0.519 e. The van der Waals surface area contributed by atoms with Crippen LogP contribution in [0.3, 0.4) is 0 Å². The lowest BCUT2D eigenvalue weighted by Crippen LogP contribution is -2.57. The first-order chi connectivity index (χ1) is 15.3. The number of hydrogen-bond acceptors (Lipinski definition) is 5. The average molecular weight is 454 g/mol. The topological polar surface area (TPSA) is 97.5 Å². The largest absolute Gasteiger partial charge is 0.519 e. The van der Waals surface area contributed by atoms with Crippen molar-refractivity contribution >= 4 is 34.9 Å². The number of carbonyl (C=O) groups excluding carboxylic acids is 2. The van der Waals surface area contributed by atoms with E-state index in [0.717, 1.165) is 18.4 Å². The third kappa shape index (κ3) is 5.01. The highest BCUT2D eigenvalue weighted by Crippen LogP contribution is 2.30. The molecule has 1 heterocycles. The fraction of sp³-hybridized carbons (Fsp3) is 0.360. The van der Waals surface area contributed by atoms with Crippen molar-refractivity contribution in [3.63, 3.8) is 0 Å². The fourth-order valence-corrected chi connectivity index (χ4v) is 4.87. The zero-order valence-electron chi connectivity index (χ0n) is 18.2. The molecular weight excluding hydrogens is 424 g/mol. The summed E-state index contributed by atoms with van der Waals surface area (Å²) in [5.41, 5.74) is 8.10. The number of nitrogens with two attached hydrogens (primary N) is 1. The summed E-state index contributed by atoms with van der Waals surface area (Å²) in [6.45, 7) is 2.36. The average Bonchev–Trinajstić information content (AvgIpc) is 3.19. The summed E-state index contributed by atoms with van der Waals surface area (Å²) >= 11 is 5.47. The number of amides is 1. The molecule has 0 spiro atoms. The first-order valence-electron chi connectivity index (χ1n) is 10.9. The molecule has 0 saturated carbocycles. The Labute approximate surface area is 193 Å². The Balaban J connectivity index is 1.61. The standard InChI is InChI=1S/C25H28N2O4S/c1-17-7-6-14-27(17,25(30)31)23(32)13-12-22(28)21(26)16-18-8-5-11-20(15-18)24(29)19-9-3-2-4-10-19/h2-5,8-11,15,17,21H,6-7,12-14,16,26H2,1H3/p+1/t17-,21+,27?/m1/s1. The number of thiocarbonyl (C=S) groups is 1. The second-order valence-corrected chi connectivity index (χ2v) is 8.90. The monoisotopic (exact) mass is 453 g/mol. The predicted molar refractivity (Wildman–Crippen MR) is 127 cm³/mol. The van der Waals surface area contributed by atoms with Crippen LogP contribution in [0.2, 0.25) is 0 Å². The molecule has 168 valence electrons. The van der Waals surface area contributed by atoms with E-state index in [1.54, 1.807) is 30.3 Å². The Morgan fingerprint density at radius 3 is 2.41 bits per heavy atom. The highest BCUT2D eigenvalue weighted by atomic mass is 32.1. The highest BCUT2D eigenvalue weighted by molar-refractivity contribution is 7.80. The van der Waals surface area contributed by atoms with E-state index in [1.165, 1.54) is 0 Å². The molecule has 1 unspecified atom stereocenters. The molecule has 1 aliphatic heterocycles. The fourth-order valence-electron chi connectivity index (χ4n) is 4.42. The van der Waals surface area contributed by atoms with E-state index in [0.29, 0.717) is 29.1 Å². The van der Waals surface area contributed by atoms with Gasteiger partial charge in [0.25, 0.3) is 0 Å². The molecule has 0 aliphatic carbocycles. The maximum atomic E-state index is 12.7. The number of nitrogens with zero attached hydrogens (tertiary/aromatic N) is 1. The minimum absolute atomic E-state index is 0.0832. The van der Waals surface area contributed by atoms with Gasteiger partial charge in [-0.3, -0.25) is 9.59 Å². The molecule has 0 bridgehead atoms. The van der Waals surface area contributed by atoms with Gasteiger partial charge in [0.2, 0.25) is 0 Å². The number of Topliss-reactive ketones (excluding diaryl/α,β-unsaturated/α-hetero) is 1. The summed E-state index contributed by atoms with van der Waals surface area (Å²) in [5.74, 6) is -0.248. The van der Waals surface area contributed by atoms with Crippen molar-refractivity contribution in [2.75, 3.05) is 6.54 Å². The van der Waals surface area contributed by atoms with Gasteiger partial charge in [-0.05, 0) is 37.2 Å². The van der Waals surface area contributed by atoms with Crippen LogP contribution in [0, 0.1) is 0 Å². The Morgan fingerprint density at radius 1 is 1.09 bits per heavy atom. The minimum Gasteiger partial charge on any atom is -0.435 e. The van der Waals surface area contributed by atoms with Crippen LogP contribution in [-0.2, 0) is 11.2 Å². The third-order valence-electron chi connectivity index (χ3n) is 6.35. The predicted octanol–water partition coefficient (Wildman–Crippen LogP) is 4.14. The van der Waals surface area contributed by atoms with Crippen molar-refractivity contribution in [2.45, 2.75) is 51.1 Å². The SMILES string of the molecule is C[C@@H]1CCC[N+]1(C(=O)O)C(=S)CCC(=O)[C@@H](N)Cc1cccc(C(=O)c2ccccc2)c1. The van der Waals surface area contributed by atoms with E-state index in [9.17, 15) is 19.5 Å². The zero-order chi connectivity index (χ0) is 23.3. The maximum absolute atomic E-state index is 12.7. The van der Waals surface area contributed by atoms with E-state index < -0.39 is 12.1 Å². The molecule has 3 N–H and O–H groups in total. The Morgan fingerprint density at radius 2 is 1.78 bits per heavy atom. The molecule has 1 saturated heterocycles. The van der Waals surface area contributed by atoms with Gasteiger partial charge in [0.05, 0.1) is 12.6 Å². The van der Waals surface area contributed by atoms with Gasteiger partial charge in [0, 0.05) is 36.8 Å². The summed E-state index contributed by atoms with van der Waals surface area (Å²) in [6, 6.07) is 15.3. The molecular formula is C25H29N2O4S+. The summed E-state index contributed by atoms with van der Waals surface area (Å²) < 4.78 is -0.235. The molecule has 0 aromatic heterocycles. The van der Waals surface area contributed by atoms with Gasteiger partial charge in [-0.25, -0.2) is 0 Å². The number of carboxylic acid groups (broad SMARTS) is 1. The van der Waals surface area contributed by atoms with Crippen LogP contribution < -0.4 is 5.73 Å². The highest BCUT2D eigenvalue weighted by Gasteiger charge is 2.50. The summed E-state index contributed by atoms with van der Waals surface area (Å²) in [5, 5.41) is 9.77. The van der Waals surface area contributed by atoms with E-state index >= 15 is 0 Å². The van der Waals surface area contributed by atoms with Crippen LogP contribution in [0.25, 0.3) is 0 Å². The van der Waals surface area contributed by atoms with Crippen molar-refractivity contribution < 1.29 is 24.0 Å². The number of hydrogen-bond donors (Lipinski definition) is 2. The molecule has 1 aliphatic rings. The lowest BCUT2D eigenvalue weighted by molar-refractivity contribution is -0.776. The van der Waals surface area contributed by atoms with E-state index in [4.69, 9.17) is 18.0 Å². The van der Waals surface area contributed by atoms with Crippen LogP contribution in [0.5, 0.6) is 0 Å². The molecule has 2 aromatic carbocycles. The van der Waals surface area contributed by atoms with Crippen LogP contribution in [0.1, 0.15) is 54.1 Å². The smallest absolute Gasteiger partial charge is 0.435 e. The van der Waals surface area contributed by atoms with Gasteiger partial charge in [-0.1, -0.05) is 48.5 Å². The first-order valence-corrected chi connectivity index (χ1v) is 11.3. The molecule has 3 atom stereocenters. The van der Waals surface area contributed by atoms with Crippen molar-refractivity contribution in [3.05, 3.63) is 71.3 Å². The summed E-state index contributed by atoms with van der Waals surface area (Å²) in [4.78, 5) is 37.6. The van der Waals surface area contributed by atoms with Crippen LogP contribution in [0.15, 0.2) is 54.6 Å². The van der Waals surface area contributed by atoms with Crippen molar-refractivity contribution in [2.24, 2.45) is 5.73 Å². The summed E-state index contributed by atoms with van der Waals surface area (Å²) in [7, 11) is 0. The van der Waals surface area contributed by atoms with Crippen LogP contribution in [-0.4, -0.2) is 50.9 Å². The number of rotatable bonds is 8. The molecule has 1 fully saturated rings. The van der Waals surface area contributed by atoms with Crippen molar-refractivity contribution in [1.82, 2.24) is 0 Å². The second-order valence-electron chi connectivity index (χ2n) is 8.43. The van der Waals surface area contributed by atoms with E-state index in [1.807, 2.05) is 31.2 Å². The minimum atomic E-state index is -0.948. The van der Waals surface area contributed by atoms with Crippen molar-refractivity contribution in [1.29, 1.82) is 0 Å². The lowest BCUT2D eigenvalue weighted by Gasteiger charge is -2.32. The van der Waals surface area contributed by atoms with E-state index in [-0.39, 0.29) is 34.9 Å². The molecule has 7 heteroatoms. The zero-order valence-corrected chi connectivity index (χ0v) is 19.0. The van der Waals surface area contributed by atoms with Gasteiger partial charge >= 0.3 is 6.09 Å². The second kappa shape index (κ2) is 10.3. The van der Waals surface area contributed by atoms with Gasteiger partial charge in [-0.15, -0.1) is 0 Å². The molecule has 32 heavy (non-hydrogen) atoms. The number of ketones is 2. The number of carbonyl (C=O) groups is 3. The van der Waals surface area contributed by atoms with Crippen molar-refractivity contribution in [3.8, 4) is 0 Å². The normalized spacial score (nSPS) is 21.1. The number of quaternary nitrogens is 1. The van der Waals surface area contributed by atoms with Crippen LogP contribution >= 0.6 is 12.2 Å².